The zero-order chi connectivity index (χ0) is 23.1. The summed E-state index contributed by atoms with van der Waals surface area (Å²) in [5.41, 5.74) is 6.52. The number of nitrogens with two attached hydrogens (primary N) is 1. The molecule has 2 heterocycles. The minimum Gasteiger partial charge on any atom is -0.494 e. The Bertz CT molecular complexity index is 988. The van der Waals surface area contributed by atoms with Gasteiger partial charge in [-0.25, -0.2) is 0 Å². The molecule has 3 rings (SSSR count). The van der Waals surface area contributed by atoms with Crippen LogP contribution in [-0.4, -0.2) is 54.2 Å². The Morgan fingerprint density at radius 2 is 1.97 bits per heavy atom. The first-order chi connectivity index (χ1) is 15.4. The summed E-state index contributed by atoms with van der Waals surface area (Å²) in [6.45, 7) is 3.03. The normalized spacial score (nSPS) is 15.3. The summed E-state index contributed by atoms with van der Waals surface area (Å²) in [6, 6.07) is 7.89. The van der Waals surface area contributed by atoms with E-state index >= 15 is 0 Å². The van der Waals surface area contributed by atoms with Gasteiger partial charge >= 0.3 is 0 Å². The van der Waals surface area contributed by atoms with E-state index in [2.05, 4.69) is 10.6 Å². The van der Waals surface area contributed by atoms with Crippen LogP contribution >= 0.6 is 11.3 Å². The van der Waals surface area contributed by atoms with E-state index in [9.17, 15) is 14.4 Å². The number of hydrogen-bond donors (Lipinski definition) is 4. The monoisotopic (exact) mass is 457 g/mol. The largest absolute Gasteiger partial charge is 0.494 e. The van der Waals surface area contributed by atoms with E-state index in [1.807, 2.05) is 6.92 Å². The van der Waals surface area contributed by atoms with Crippen molar-refractivity contribution in [2.45, 2.75) is 32.4 Å². The Morgan fingerprint density at radius 1 is 1.22 bits per heavy atom. The lowest BCUT2D eigenvalue weighted by atomic mass is 10.2. The van der Waals surface area contributed by atoms with Crippen LogP contribution < -0.4 is 21.1 Å². The summed E-state index contributed by atoms with van der Waals surface area (Å²) in [4.78, 5) is 40.0. The van der Waals surface area contributed by atoms with Crippen LogP contribution in [0.2, 0.25) is 0 Å². The zero-order valence-corrected chi connectivity index (χ0v) is 18.7. The Balaban J connectivity index is 1.50. The van der Waals surface area contributed by atoms with Gasteiger partial charge in [0.05, 0.1) is 19.7 Å². The number of nitrogens with one attached hydrogen (secondary N) is 3. The number of amides is 3. The Kier molecular flexibility index (Phi) is 7.82. The first-order valence-electron chi connectivity index (χ1n) is 10.4. The van der Waals surface area contributed by atoms with E-state index in [4.69, 9.17) is 15.9 Å². The number of rotatable bonds is 9. The lowest BCUT2D eigenvalue weighted by molar-refractivity contribution is -0.137. The summed E-state index contributed by atoms with van der Waals surface area (Å²) in [5.74, 6) is -0.228. The molecule has 0 aliphatic carbocycles. The summed E-state index contributed by atoms with van der Waals surface area (Å²) in [5, 5.41) is 14.7. The molecule has 0 spiro atoms. The molecule has 170 valence electrons. The highest BCUT2D eigenvalue weighted by Gasteiger charge is 2.33. The number of thiophene rings is 1. The van der Waals surface area contributed by atoms with E-state index in [0.717, 1.165) is 11.3 Å². The van der Waals surface area contributed by atoms with Crippen molar-refractivity contribution in [1.82, 2.24) is 15.5 Å². The van der Waals surface area contributed by atoms with Crippen LogP contribution in [0, 0.1) is 5.41 Å². The molecule has 1 saturated heterocycles. The highest BCUT2D eigenvalue weighted by atomic mass is 32.1. The van der Waals surface area contributed by atoms with E-state index in [1.54, 1.807) is 35.7 Å². The van der Waals surface area contributed by atoms with Crippen molar-refractivity contribution in [2.24, 2.45) is 5.73 Å². The quantitative estimate of drug-likeness (QED) is 0.334. The minimum absolute atomic E-state index is 0.0151. The van der Waals surface area contributed by atoms with Crippen LogP contribution in [0.5, 0.6) is 5.75 Å². The maximum atomic E-state index is 12.7. The lowest BCUT2D eigenvalue weighted by Gasteiger charge is -2.24. The maximum absolute atomic E-state index is 12.7. The van der Waals surface area contributed by atoms with Gasteiger partial charge in [0.1, 0.15) is 17.6 Å². The molecule has 32 heavy (non-hydrogen) atoms. The molecule has 1 aliphatic rings. The molecule has 9 nitrogen and oxygen atoms in total. The molecular formula is C22H27N5O4S. The standard InChI is InChI=1S/C22H27N5O4S/c1-2-31-16-7-5-14(6-8-16)21(29)26-12-19(28)27-9-3-4-18(27)22(30)25-11-17-10-15(13-32-17)20(23)24/h5-8,10,13,18H,2-4,9,11-12H2,1H3,(H3,23,24)(H,25,30)(H,26,29). The summed E-state index contributed by atoms with van der Waals surface area (Å²) in [7, 11) is 0. The van der Waals surface area contributed by atoms with Crippen molar-refractivity contribution in [3.63, 3.8) is 0 Å². The van der Waals surface area contributed by atoms with Crippen molar-refractivity contribution >= 4 is 34.9 Å². The summed E-state index contributed by atoms with van der Waals surface area (Å²) < 4.78 is 5.36. The van der Waals surface area contributed by atoms with Gasteiger partial charge in [-0.3, -0.25) is 19.8 Å². The van der Waals surface area contributed by atoms with Gasteiger partial charge in [0.15, 0.2) is 0 Å². The number of carbonyl (C=O) groups excluding carboxylic acids is 3. The number of likely N-dealkylation sites (tertiary alicyclic amines) is 1. The smallest absolute Gasteiger partial charge is 0.251 e. The van der Waals surface area contributed by atoms with Crippen LogP contribution in [0.3, 0.4) is 0 Å². The lowest BCUT2D eigenvalue weighted by Crippen LogP contribution is -2.48. The predicted molar refractivity (Wildman–Crippen MR) is 122 cm³/mol. The van der Waals surface area contributed by atoms with Crippen molar-refractivity contribution in [2.75, 3.05) is 19.7 Å². The number of benzene rings is 1. The van der Waals surface area contributed by atoms with Crippen molar-refractivity contribution in [3.05, 3.63) is 51.7 Å². The van der Waals surface area contributed by atoms with Crippen LogP contribution in [0.1, 0.15) is 40.6 Å². The highest BCUT2D eigenvalue weighted by Crippen LogP contribution is 2.19. The van der Waals surface area contributed by atoms with Crippen LogP contribution in [0.25, 0.3) is 0 Å². The third-order valence-corrected chi connectivity index (χ3v) is 6.04. The molecule has 2 aromatic rings. The zero-order valence-electron chi connectivity index (χ0n) is 17.8. The molecule has 1 aromatic heterocycles. The average Bonchev–Trinajstić information content (AvgIpc) is 3.46. The summed E-state index contributed by atoms with van der Waals surface area (Å²) >= 11 is 1.41. The number of hydrogen-bond acceptors (Lipinski definition) is 6. The van der Waals surface area contributed by atoms with E-state index in [-0.39, 0.29) is 30.1 Å². The fourth-order valence-electron chi connectivity index (χ4n) is 3.47. The second-order valence-corrected chi connectivity index (χ2v) is 8.31. The average molecular weight is 458 g/mol. The summed E-state index contributed by atoms with van der Waals surface area (Å²) in [6.07, 6.45) is 1.30. The third-order valence-electron chi connectivity index (χ3n) is 5.11. The first kappa shape index (κ1) is 23.3. The minimum atomic E-state index is -0.558. The fraction of sp³-hybridized carbons (Fsp3) is 0.364. The van der Waals surface area contributed by atoms with Crippen molar-refractivity contribution in [3.8, 4) is 5.75 Å². The molecule has 1 aromatic carbocycles. The van der Waals surface area contributed by atoms with Crippen LogP contribution in [-0.2, 0) is 16.1 Å². The van der Waals surface area contributed by atoms with Crippen molar-refractivity contribution in [1.29, 1.82) is 5.41 Å². The highest BCUT2D eigenvalue weighted by molar-refractivity contribution is 7.10. The van der Waals surface area contributed by atoms with Crippen LogP contribution in [0.15, 0.2) is 35.7 Å². The Morgan fingerprint density at radius 3 is 2.62 bits per heavy atom. The predicted octanol–water partition coefficient (Wildman–Crippen LogP) is 1.47. The van der Waals surface area contributed by atoms with Gasteiger partial charge in [-0.1, -0.05) is 0 Å². The molecular weight excluding hydrogens is 430 g/mol. The Hall–Kier alpha value is -3.40. The molecule has 5 N–H and O–H groups in total. The molecule has 0 bridgehead atoms. The SMILES string of the molecule is CCOc1ccc(C(=O)NCC(=O)N2CCCC2C(=O)NCc2cc(C(=N)N)cs2)cc1. The first-order valence-corrected chi connectivity index (χ1v) is 11.3. The molecule has 10 heteroatoms. The van der Waals surface area contributed by atoms with Gasteiger partial charge in [0, 0.05) is 27.9 Å². The van der Waals surface area contributed by atoms with Crippen molar-refractivity contribution < 1.29 is 19.1 Å². The topological polar surface area (TPSA) is 138 Å². The molecule has 0 radical (unpaired) electrons. The van der Waals surface area contributed by atoms with E-state index in [0.29, 0.717) is 43.0 Å². The number of amidine groups is 1. The van der Waals surface area contributed by atoms with Gasteiger partial charge in [0.2, 0.25) is 11.8 Å². The molecule has 0 saturated carbocycles. The maximum Gasteiger partial charge on any atom is 0.251 e. The molecule has 1 aliphatic heterocycles. The number of ether oxygens (including phenoxy) is 1. The molecule has 1 unspecified atom stereocenters. The Labute approximate surface area is 190 Å². The fourth-order valence-corrected chi connectivity index (χ4v) is 4.30. The molecule has 3 amide bonds. The third kappa shape index (κ3) is 5.85. The van der Waals surface area contributed by atoms with Gasteiger partial charge in [0.25, 0.3) is 5.91 Å². The molecule has 1 atom stereocenters. The van der Waals surface area contributed by atoms with Crippen LogP contribution in [0.4, 0.5) is 0 Å². The number of nitrogens with zero attached hydrogens (tertiary/aromatic N) is 1. The van der Waals surface area contributed by atoms with Gasteiger partial charge < -0.3 is 26.0 Å². The number of carbonyl (C=O) groups is 3. The van der Waals surface area contributed by atoms with Gasteiger partial charge in [-0.05, 0) is 50.1 Å². The number of nitrogen functional groups attached to an aromatic ring is 1. The van der Waals surface area contributed by atoms with Gasteiger partial charge in [-0.2, -0.15) is 0 Å². The van der Waals surface area contributed by atoms with Gasteiger partial charge in [-0.15, -0.1) is 11.3 Å². The second-order valence-electron chi connectivity index (χ2n) is 7.32. The van der Waals surface area contributed by atoms with E-state index in [1.165, 1.54) is 16.2 Å². The second kappa shape index (κ2) is 10.8. The van der Waals surface area contributed by atoms with E-state index < -0.39 is 6.04 Å². The molecule has 1 fully saturated rings.